The lowest BCUT2D eigenvalue weighted by Crippen LogP contribution is -2.24. The Bertz CT molecular complexity index is 264. The lowest BCUT2D eigenvalue weighted by molar-refractivity contribution is 0.244. The molecule has 0 fully saturated rings. The van der Waals surface area contributed by atoms with Crippen LogP contribution in [0.4, 0.5) is 0 Å². The van der Waals surface area contributed by atoms with Crippen molar-refractivity contribution in [1.29, 1.82) is 0 Å². The molecular formula is C12H22N2O. The molecule has 0 bridgehead atoms. The summed E-state index contributed by atoms with van der Waals surface area (Å²) in [4.78, 5) is 2.42. The van der Waals surface area contributed by atoms with E-state index in [4.69, 9.17) is 10.2 Å². The second kappa shape index (κ2) is 6.64. The van der Waals surface area contributed by atoms with E-state index in [1.54, 1.807) is 6.26 Å². The minimum absolute atomic E-state index is 0.561. The maximum Gasteiger partial charge on any atom is 0.118 e. The van der Waals surface area contributed by atoms with E-state index < -0.39 is 0 Å². The Morgan fingerprint density at radius 3 is 2.40 bits per heavy atom. The van der Waals surface area contributed by atoms with Crippen LogP contribution >= 0.6 is 0 Å². The molecule has 3 nitrogen and oxygen atoms in total. The number of nitrogens with zero attached hydrogens (tertiary/aromatic N) is 1. The third-order valence-electron chi connectivity index (χ3n) is 2.40. The number of hydrogen-bond acceptors (Lipinski definition) is 3. The van der Waals surface area contributed by atoms with Gasteiger partial charge in [-0.2, -0.15) is 0 Å². The maximum absolute atomic E-state index is 5.54. The van der Waals surface area contributed by atoms with Crippen LogP contribution in [0.3, 0.4) is 0 Å². The van der Waals surface area contributed by atoms with E-state index >= 15 is 0 Å². The largest absolute Gasteiger partial charge is 0.468 e. The first-order chi connectivity index (χ1) is 7.30. The summed E-state index contributed by atoms with van der Waals surface area (Å²) >= 11 is 0. The Labute approximate surface area is 92.2 Å². The normalized spacial score (nSPS) is 11.2. The molecule has 1 aromatic rings. The summed E-state index contributed by atoms with van der Waals surface area (Å²) in [5.74, 6) is 1.03. The van der Waals surface area contributed by atoms with Crippen molar-refractivity contribution < 1.29 is 4.42 Å². The van der Waals surface area contributed by atoms with Crippen molar-refractivity contribution in [2.45, 2.75) is 39.8 Å². The zero-order valence-corrected chi connectivity index (χ0v) is 9.83. The van der Waals surface area contributed by atoms with Crippen molar-refractivity contribution >= 4 is 0 Å². The standard InChI is InChI=1S/C12H22N2O/c1-3-5-14(6-4-2)9-12-7-11(8-13)10-15-12/h7,10H,3-6,8-9,13H2,1-2H3. The first kappa shape index (κ1) is 12.3. The number of nitrogens with two attached hydrogens (primary N) is 1. The first-order valence-electron chi connectivity index (χ1n) is 5.78. The SMILES string of the molecule is CCCN(CCC)Cc1cc(CN)co1. The first-order valence-corrected chi connectivity index (χ1v) is 5.78. The van der Waals surface area contributed by atoms with Crippen LogP contribution in [0.25, 0.3) is 0 Å². The summed E-state index contributed by atoms with van der Waals surface area (Å²) in [6.45, 7) is 8.14. The highest BCUT2D eigenvalue weighted by molar-refractivity contribution is 5.12. The zero-order valence-electron chi connectivity index (χ0n) is 9.83. The van der Waals surface area contributed by atoms with Crippen LogP contribution in [0.5, 0.6) is 0 Å². The summed E-state index contributed by atoms with van der Waals surface area (Å²) < 4.78 is 5.46. The lowest BCUT2D eigenvalue weighted by Gasteiger charge is -2.19. The van der Waals surface area contributed by atoms with Crippen LogP contribution in [0.1, 0.15) is 38.0 Å². The Morgan fingerprint density at radius 1 is 1.27 bits per heavy atom. The lowest BCUT2D eigenvalue weighted by atomic mass is 10.3. The molecule has 0 amide bonds. The summed E-state index contributed by atoms with van der Waals surface area (Å²) in [6, 6.07) is 2.05. The molecule has 0 aliphatic heterocycles. The van der Waals surface area contributed by atoms with Gasteiger partial charge in [0, 0.05) is 12.1 Å². The second-order valence-corrected chi connectivity index (χ2v) is 3.90. The molecule has 2 N–H and O–H groups in total. The molecule has 0 aromatic carbocycles. The number of hydrogen-bond donors (Lipinski definition) is 1. The molecule has 0 saturated heterocycles. The predicted molar refractivity (Wildman–Crippen MR) is 62.5 cm³/mol. The quantitative estimate of drug-likeness (QED) is 0.751. The van der Waals surface area contributed by atoms with Crippen molar-refractivity contribution in [2.75, 3.05) is 13.1 Å². The Hall–Kier alpha value is -0.800. The molecule has 3 heteroatoms. The monoisotopic (exact) mass is 210 g/mol. The van der Waals surface area contributed by atoms with E-state index in [2.05, 4.69) is 24.8 Å². The van der Waals surface area contributed by atoms with Gasteiger partial charge in [0.25, 0.3) is 0 Å². The third-order valence-corrected chi connectivity index (χ3v) is 2.40. The fourth-order valence-electron chi connectivity index (χ4n) is 1.74. The molecule has 0 radical (unpaired) electrons. The van der Waals surface area contributed by atoms with Crippen molar-refractivity contribution in [1.82, 2.24) is 4.90 Å². The van der Waals surface area contributed by atoms with Crippen LogP contribution in [-0.2, 0) is 13.1 Å². The van der Waals surface area contributed by atoms with Gasteiger partial charge in [0.15, 0.2) is 0 Å². The minimum Gasteiger partial charge on any atom is -0.468 e. The fraction of sp³-hybridized carbons (Fsp3) is 0.667. The Kier molecular flexibility index (Phi) is 5.43. The highest BCUT2D eigenvalue weighted by Crippen LogP contribution is 2.10. The van der Waals surface area contributed by atoms with Gasteiger partial charge in [0.2, 0.25) is 0 Å². The molecule has 0 spiro atoms. The summed E-state index contributed by atoms with van der Waals surface area (Å²) in [5.41, 5.74) is 6.62. The fourth-order valence-corrected chi connectivity index (χ4v) is 1.74. The van der Waals surface area contributed by atoms with Gasteiger partial charge < -0.3 is 10.2 Å². The molecule has 1 aromatic heterocycles. The van der Waals surface area contributed by atoms with Crippen LogP contribution in [0, 0.1) is 0 Å². The number of furan rings is 1. The van der Waals surface area contributed by atoms with E-state index in [1.807, 2.05) is 0 Å². The minimum atomic E-state index is 0.561. The van der Waals surface area contributed by atoms with Gasteiger partial charge in [-0.3, -0.25) is 4.90 Å². The van der Waals surface area contributed by atoms with Gasteiger partial charge in [0.05, 0.1) is 12.8 Å². The van der Waals surface area contributed by atoms with Crippen molar-refractivity contribution in [2.24, 2.45) is 5.73 Å². The van der Waals surface area contributed by atoms with E-state index in [1.165, 1.54) is 12.8 Å². The Balaban J connectivity index is 2.48. The maximum atomic E-state index is 5.54. The van der Waals surface area contributed by atoms with Crippen LogP contribution < -0.4 is 5.73 Å². The molecule has 0 unspecified atom stereocenters. The molecule has 1 heterocycles. The average Bonchev–Trinajstić information content (AvgIpc) is 2.66. The summed E-state index contributed by atoms with van der Waals surface area (Å²) in [5, 5.41) is 0. The third kappa shape index (κ3) is 4.06. The summed E-state index contributed by atoms with van der Waals surface area (Å²) in [6.07, 6.45) is 4.13. The van der Waals surface area contributed by atoms with E-state index in [0.717, 1.165) is 31.0 Å². The van der Waals surface area contributed by atoms with Crippen LogP contribution in [0.15, 0.2) is 16.7 Å². The van der Waals surface area contributed by atoms with E-state index in [9.17, 15) is 0 Å². The topological polar surface area (TPSA) is 42.4 Å². The van der Waals surface area contributed by atoms with Crippen molar-refractivity contribution in [3.05, 3.63) is 23.7 Å². The zero-order chi connectivity index (χ0) is 11.1. The van der Waals surface area contributed by atoms with Gasteiger partial charge >= 0.3 is 0 Å². The summed E-state index contributed by atoms with van der Waals surface area (Å²) in [7, 11) is 0. The predicted octanol–water partition coefficient (Wildman–Crippen LogP) is 2.36. The highest BCUT2D eigenvalue weighted by atomic mass is 16.3. The second-order valence-electron chi connectivity index (χ2n) is 3.90. The van der Waals surface area contributed by atoms with Crippen molar-refractivity contribution in [3.63, 3.8) is 0 Å². The molecule has 0 saturated carbocycles. The van der Waals surface area contributed by atoms with Gasteiger partial charge in [-0.15, -0.1) is 0 Å². The van der Waals surface area contributed by atoms with Crippen LogP contribution in [-0.4, -0.2) is 18.0 Å². The molecule has 1 rings (SSSR count). The highest BCUT2D eigenvalue weighted by Gasteiger charge is 2.07. The molecule has 86 valence electrons. The van der Waals surface area contributed by atoms with Crippen molar-refractivity contribution in [3.8, 4) is 0 Å². The van der Waals surface area contributed by atoms with Gasteiger partial charge in [-0.05, 0) is 32.0 Å². The van der Waals surface area contributed by atoms with Crippen LogP contribution in [0.2, 0.25) is 0 Å². The molecule has 0 atom stereocenters. The van der Waals surface area contributed by atoms with Gasteiger partial charge in [-0.25, -0.2) is 0 Å². The average molecular weight is 210 g/mol. The van der Waals surface area contributed by atoms with Gasteiger partial charge in [0.1, 0.15) is 5.76 Å². The molecule has 0 aliphatic carbocycles. The molecule has 15 heavy (non-hydrogen) atoms. The van der Waals surface area contributed by atoms with E-state index in [-0.39, 0.29) is 0 Å². The Morgan fingerprint density at radius 2 is 1.93 bits per heavy atom. The molecule has 0 aliphatic rings. The molecular weight excluding hydrogens is 188 g/mol. The van der Waals surface area contributed by atoms with E-state index in [0.29, 0.717) is 6.54 Å². The number of rotatable bonds is 7. The van der Waals surface area contributed by atoms with Gasteiger partial charge in [-0.1, -0.05) is 13.8 Å². The smallest absolute Gasteiger partial charge is 0.118 e.